The average molecular weight is 306 g/mol. The van der Waals surface area contributed by atoms with Crippen molar-refractivity contribution in [1.82, 2.24) is 19.9 Å². The minimum Gasteiger partial charge on any atom is -0.383 e. The first-order valence-electron chi connectivity index (χ1n) is 5.77. The standard InChI is InChI=1S/C12H12BrN5/c1-6-4-15-11(16-5-6)12-17-9(7-2-3-7)8(13)10(14)18-12/h4-5,7H,2-3H2,1H3,(H2,14,17,18). The molecule has 1 aliphatic carbocycles. The summed E-state index contributed by atoms with van der Waals surface area (Å²) in [5.74, 6) is 1.96. The summed E-state index contributed by atoms with van der Waals surface area (Å²) in [6, 6.07) is 0. The summed E-state index contributed by atoms with van der Waals surface area (Å²) < 4.78 is 0.806. The van der Waals surface area contributed by atoms with Gasteiger partial charge < -0.3 is 5.73 Å². The lowest BCUT2D eigenvalue weighted by atomic mass is 10.2. The maximum Gasteiger partial charge on any atom is 0.200 e. The second-order valence-corrected chi connectivity index (χ2v) is 5.28. The molecular formula is C12H12BrN5. The Balaban J connectivity index is 2.09. The molecule has 2 aromatic rings. The number of anilines is 1. The maximum absolute atomic E-state index is 5.90. The van der Waals surface area contributed by atoms with Crippen molar-refractivity contribution in [1.29, 1.82) is 0 Å². The van der Waals surface area contributed by atoms with Crippen LogP contribution in [0.3, 0.4) is 0 Å². The molecule has 0 amide bonds. The van der Waals surface area contributed by atoms with Crippen LogP contribution >= 0.6 is 15.9 Å². The summed E-state index contributed by atoms with van der Waals surface area (Å²) in [6.45, 7) is 1.94. The Kier molecular flexibility index (Phi) is 2.74. The van der Waals surface area contributed by atoms with E-state index in [-0.39, 0.29) is 0 Å². The molecule has 0 spiro atoms. The Morgan fingerprint density at radius 3 is 2.44 bits per heavy atom. The first kappa shape index (κ1) is 11.5. The van der Waals surface area contributed by atoms with Crippen LogP contribution in [-0.2, 0) is 0 Å². The van der Waals surface area contributed by atoms with Gasteiger partial charge in [-0.1, -0.05) is 0 Å². The molecule has 2 heterocycles. The highest BCUT2D eigenvalue weighted by Crippen LogP contribution is 2.43. The lowest BCUT2D eigenvalue weighted by molar-refractivity contribution is 0.964. The van der Waals surface area contributed by atoms with Crippen molar-refractivity contribution in [3.05, 3.63) is 28.1 Å². The van der Waals surface area contributed by atoms with E-state index in [0.717, 1.165) is 28.6 Å². The van der Waals surface area contributed by atoms with E-state index in [0.29, 0.717) is 23.4 Å². The number of rotatable bonds is 2. The third-order valence-corrected chi connectivity index (χ3v) is 3.66. The van der Waals surface area contributed by atoms with Gasteiger partial charge in [-0.2, -0.15) is 0 Å². The number of hydrogen-bond donors (Lipinski definition) is 1. The van der Waals surface area contributed by atoms with Gasteiger partial charge in [-0.15, -0.1) is 0 Å². The van der Waals surface area contributed by atoms with E-state index >= 15 is 0 Å². The molecule has 6 heteroatoms. The number of nitrogen functional groups attached to an aromatic ring is 1. The predicted octanol–water partition coefficient (Wildman–Crippen LogP) is 2.46. The van der Waals surface area contributed by atoms with Crippen LogP contribution in [0.2, 0.25) is 0 Å². The SMILES string of the molecule is Cc1cnc(-c2nc(N)c(Br)c(C3CC3)n2)nc1. The lowest BCUT2D eigenvalue weighted by Gasteiger charge is -2.07. The van der Waals surface area contributed by atoms with Crippen molar-refractivity contribution in [2.75, 3.05) is 5.73 Å². The van der Waals surface area contributed by atoms with Gasteiger partial charge in [0.2, 0.25) is 0 Å². The number of nitrogens with two attached hydrogens (primary N) is 1. The van der Waals surface area contributed by atoms with Gasteiger partial charge in [0.15, 0.2) is 11.6 Å². The van der Waals surface area contributed by atoms with E-state index in [1.54, 1.807) is 12.4 Å². The Morgan fingerprint density at radius 2 is 1.83 bits per heavy atom. The zero-order valence-electron chi connectivity index (χ0n) is 9.89. The molecule has 0 saturated heterocycles. The minimum absolute atomic E-state index is 0.450. The highest BCUT2D eigenvalue weighted by molar-refractivity contribution is 9.10. The summed E-state index contributed by atoms with van der Waals surface area (Å²) in [5.41, 5.74) is 7.88. The molecule has 0 atom stereocenters. The fourth-order valence-corrected chi connectivity index (χ4v) is 2.22. The number of nitrogens with zero attached hydrogens (tertiary/aromatic N) is 4. The van der Waals surface area contributed by atoms with Gasteiger partial charge in [0.1, 0.15) is 5.82 Å². The Hall–Kier alpha value is -1.56. The topological polar surface area (TPSA) is 77.6 Å². The van der Waals surface area contributed by atoms with E-state index in [2.05, 4.69) is 35.9 Å². The molecule has 1 saturated carbocycles. The van der Waals surface area contributed by atoms with Crippen LogP contribution in [-0.4, -0.2) is 19.9 Å². The number of aryl methyl sites for hydroxylation is 1. The summed E-state index contributed by atoms with van der Waals surface area (Å²) in [5, 5.41) is 0. The van der Waals surface area contributed by atoms with Gasteiger partial charge in [0, 0.05) is 18.3 Å². The molecule has 0 aromatic carbocycles. The fourth-order valence-electron chi connectivity index (χ4n) is 1.72. The van der Waals surface area contributed by atoms with Crippen molar-refractivity contribution in [2.45, 2.75) is 25.7 Å². The Morgan fingerprint density at radius 1 is 1.17 bits per heavy atom. The second-order valence-electron chi connectivity index (χ2n) is 4.49. The van der Waals surface area contributed by atoms with Crippen molar-refractivity contribution in [3.8, 4) is 11.6 Å². The van der Waals surface area contributed by atoms with Crippen molar-refractivity contribution in [2.24, 2.45) is 0 Å². The third kappa shape index (κ3) is 2.08. The summed E-state index contributed by atoms with van der Waals surface area (Å²) in [7, 11) is 0. The zero-order valence-corrected chi connectivity index (χ0v) is 11.5. The molecule has 2 N–H and O–H groups in total. The fraction of sp³-hybridized carbons (Fsp3) is 0.333. The van der Waals surface area contributed by atoms with Crippen LogP contribution in [0.5, 0.6) is 0 Å². The monoisotopic (exact) mass is 305 g/mol. The van der Waals surface area contributed by atoms with E-state index < -0.39 is 0 Å². The molecule has 5 nitrogen and oxygen atoms in total. The van der Waals surface area contributed by atoms with Gasteiger partial charge in [-0.05, 0) is 41.3 Å². The summed E-state index contributed by atoms with van der Waals surface area (Å²) in [4.78, 5) is 17.2. The molecule has 0 radical (unpaired) electrons. The number of halogens is 1. The van der Waals surface area contributed by atoms with E-state index in [1.807, 2.05) is 6.92 Å². The predicted molar refractivity (Wildman–Crippen MR) is 71.9 cm³/mol. The van der Waals surface area contributed by atoms with E-state index in [9.17, 15) is 0 Å². The van der Waals surface area contributed by atoms with Crippen molar-refractivity contribution < 1.29 is 0 Å². The van der Waals surface area contributed by atoms with Crippen LogP contribution in [0.1, 0.15) is 30.0 Å². The van der Waals surface area contributed by atoms with Gasteiger partial charge in [0.05, 0.1) is 10.2 Å². The molecule has 1 fully saturated rings. The quantitative estimate of drug-likeness (QED) is 0.922. The largest absolute Gasteiger partial charge is 0.383 e. The smallest absolute Gasteiger partial charge is 0.200 e. The number of aromatic nitrogens is 4. The molecule has 1 aliphatic rings. The highest BCUT2D eigenvalue weighted by Gasteiger charge is 2.29. The summed E-state index contributed by atoms with van der Waals surface area (Å²) >= 11 is 3.45. The first-order chi connectivity index (χ1) is 8.65. The van der Waals surface area contributed by atoms with Crippen molar-refractivity contribution in [3.63, 3.8) is 0 Å². The molecule has 0 unspecified atom stereocenters. The van der Waals surface area contributed by atoms with Crippen LogP contribution < -0.4 is 5.73 Å². The van der Waals surface area contributed by atoms with E-state index in [1.165, 1.54) is 0 Å². The van der Waals surface area contributed by atoms with Gasteiger partial charge in [0.25, 0.3) is 0 Å². The molecule has 2 aromatic heterocycles. The lowest BCUT2D eigenvalue weighted by Crippen LogP contribution is -2.04. The van der Waals surface area contributed by atoms with Gasteiger partial charge in [-0.3, -0.25) is 0 Å². The zero-order chi connectivity index (χ0) is 12.7. The van der Waals surface area contributed by atoms with E-state index in [4.69, 9.17) is 5.73 Å². The molecule has 92 valence electrons. The van der Waals surface area contributed by atoms with Gasteiger partial charge >= 0.3 is 0 Å². The molecular weight excluding hydrogens is 294 g/mol. The summed E-state index contributed by atoms with van der Waals surface area (Å²) in [6.07, 6.45) is 5.81. The normalized spacial score (nSPS) is 14.8. The van der Waals surface area contributed by atoms with Crippen LogP contribution in [0.25, 0.3) is 11.6 Å². The highest BCUT2D eigenvalue weighted by atomic mass is 79.9. The molecule has 0 aliphatic heterocycles. The molecule has 18 heavy (non-hydrogen) atoms. The molecule has 3 rings (SSSR count). The van der Waals surface area contributed by atoms with Crippen LogP contribution in [0, 0.1) is 6.92 Å². The Bertz CT molecular complexity index is 592. The van der Waals surface area contributed by atoms with Crippen LogP contribution in [0.15, 0.2) is 16.9 Å². The Labute approximate surface area is 113 Å². The average Bonchev–Trinajstić information content (AvgIpc) is 3.18. The maximum atomic E-state index is 5.90. The molecule has 0 bridgehead atoms. The van der Waals surface area contributed by atoms with Gasteiger partial charge in [-0.25, -0.2) is 19.9 Å². The minimum atomic E-state index is 0.450. The third-order valence-electron chi connectivity index (χ3n) is 2.85. The van der Waals surface area contributed by atoms with Crippen molar-refractivity contribution >= 4 is 21.7 Å². The van der Waals surface area contributed by atoms with Crippen LogP contribution in [0.4, 0.5) is 5.82 Å². The second kappa shape index (κ2) is 4.28. The number of hydrogen-bond acceptors (Lipinski definition) is 5. The first-order valence-corrected chi connectivity index (χ1v) is 6.56.